The van der Waals surface area contributed by atoms with Crippen LogP contribution in [0, 0.1) is 39.0 Å². The minimum absolute atomic E-state index is 0.751. The van der Waals surface area contributed by atoms with Gasteiger partial charge in [0, 0.05) is 0 Å². The van der Waals surface area contributed by atoms with Gasteiger partial charge in [-0.15, -0.1) is 0 Å². The summed E-state index contributed by atoms with van der Waals surface area (Å²) in [5, 5.41) is 8.97. The molecular formula is C17H17N. The molecule has 0 aliphatic heterocycles. The third-order valence-corrected chi connectivity index (χ3v) is 3.47. The van der Waals surface area contributed by atoms with Crippen LogP contribution < -0.4 is 0 Å². The third-order valence-electron chi connectivity index (χ3n) is 3.47. The summed E-state index contributed by atoms with van der Waals surface area (Å²) in [5.74, 6) is 0. The summed E-state index contributed by atoms with van der Waals surface area (Å²) in [4.78, 5) is 0. The van der Waals surface area contributed by atoms with Gasteiger partial charge in [0.2, 0.25) is 0 Å². The lowest BCUT2D eigenvalue weighted by Gasteiger charge is -2.12. The fourth-order valence-corrected chi connectivity index (χ4v) is 2.30. The molecule has 2 aromatic carbocycles. The number of nitriles is 1. The van der Waals surface area contributed by atoms with Gasteiger partial charge in [0.1, 0.15) is 0 Å². The normalized spacial score (nSPS) is 10.2. The number of hydrogen-bond acceptors (Lipinski definition) is 1. The molecule has 0 amide bonds. The van der Waals surface area contributed by atoms with E-state index in [4.69, 9.17) is 5.26 Å². The van der Waals surface area contributed by atoms with E-state index >= 15 is 0 Å². The predicted molar refractivity (Wildman–Crippen MR) is 75.5 cm³/mol. The first kappa shape index (κ1) is 12.4. The summed E-state index contributed by atoms with van der Waals surface area (Å²) in [7, 11) is 0. The molecule has 0 aromatic heterocycles. The summed E-state index contributed by atoms with van der Waals surface area (Å²) in [6, 6.07) is 12.7. The van der Waals surface area contributed by atoms with Gasteiger partial charge in [-0.05, 0) is 61.6 Å². The first-order valence-electron chi connectivity index (χ1n) is 6.12. The van der Waals surface area contributed by atoms with E-state index in [2.05, 4.69) is 45.0 Å². The minimum Gasteiger partial charge on any atom is -0.192 e. The third kappa shape index (κ3) is 2.15. The van der Waals surface area contributed by atoms with Gasteiger partial charge in [0.15, 0.2) is 0 Å². The van der Waals surface area contributed by atoms with Crippen molar-refractivity contribution < 1.29 is 0 Å². The maximum atomic E-state index is 8.97. The lowest BCUT2D eigenvalue weighted by atomic mass is 9.93. The largest absolute Gasteiger partial charge is 0.192 e. The van der Waals surface area contributed by atoms with Crippen molar-refractivity contribution in [3.05, 3.63) is 58.1 Å². The second-order valence-corrected chi connectivity index (χ2v) is 4.90. The highest BCUT2D eigenvalue weighted by atomic mass is 14.2. The van der Waals surface area contributed by atoms with Crippen LogP contribution in [0.4, 0.5) is 0 Å². The van der Waals surface area contributed by atoms with E-state index in [1.54, 1.807) is 0 Å². The Morgan fingerprint density at radius 1 is 0.889 bits per heavy atom. The predicted octanol–water partition coefficient (Wildman–Crippen LogP) is 4.46. The van der Waals surface area contributed by atoms with Crippen molar-refractivity contribution in [2.24, 2.45) is 0 Å². The van der Waals surface area contributed by atoms with Crippen molar-refractivity contribution in [3.8, 4) is 17.2 Å². The maximum absolute atomic E-state index is 8.97. The molecule has 0 spiro atoms. The average Bonchev–Trinajstić information content (AvgIpc) is 2.33. The molecule has 0 saturated heterocycles. The first-order chi connectivity index (χ1) is 8.52. The fraction of sp³-hybridized carbons (Fsp3) is 0.235. The summed E-state index contributed by atoms with van der Waals surface area (Å²) < 4.78 is 0. The highest BCUT2D eigenvalue weighted by Gasteiger charge is 2.07. The van der Waals surface area contributed by atoms with Crippen molar-refractivity contribution in [2.45, 2.75) is 27.7 Å². The molecule has 0 saturated carbocycles. The number of aryl methyl sites for hydroxylation is 3. The van der Waals surface area contributed by atoms with Crippen molar-refractivity contribution in [3.63, 3.8) is 0 Å². The molecule has 0 atom stereocenters. The second-order valence-electron chi connectivity index (χ2n) is 4.90. The van der Waals surface area contributed by atoms with E-state index in [0.29, 0.717) is 0 Å². The zero-order valence-electron chi connectivity index (χ0n) is 11.3. The maximum Gasteiger partial charge on any atom is 0.0994 e. The van der Waals surface area contributed by atoms with E-state index < -0.39 is 0 Å². The topological polar surface area (TPSA) is 23.8 Å². The standard InChI is InChI=1S/C17H17N/c1-11-7-12(2)14(4)17(8-11)15-5-6-16(10-18)13(3)9-15/h5-9H,1-4H3. The zero-order chi connectivity index (χ0) is 13.3. The quantitative estimate of drug-likeness (QED) is 0.716. The van der Waals surface area contributed by atoms with Crippen LogP contribution in [0.15, 0.2) is 30.3 Å². The Labute approximate surface area is 109 Å². The van der Waals surface area contributed by atoms with Gasteiger partial charge in [0.05, 0.1) is 11.6 Å². The van der Waals surface area contributed by atoms with E-state index in [1.165, 1.54) is 27.8 Å². The molecule has 0 fully saturated rings. The molecule has 0 radical (unpaired) electrons. The Morgan fingerprint density at radius 3 is 2.22 bits per heavy atom. The highest BCUT2D eigenvalue weighted by Crippen LogP contribution is 2.28. The number of rotatable bonds is 1. The smallest absolute Gasteiger partial charge is 0.0994 e. The summed E-state index contributed by atoms with van der Waals surface area (Å²) in [6.45, 7) is 8.40. The number of hydrogen-bond donors (Lipinski definition) is 0. The Bertz CT molecular complexity index is 645. The number of benzene rings is 2. The van der Waals surface area contributed by atoms with Gasteiger partial charge in [0.25, 0.3) is 0 Å². The molecule has 0 bridgehead atoms. The summed E-state index contributed by atoms with van der Waals surface area (Å²) in [6.07, 6.45) is 0. The van der Waals surface area contributed by atoms with E-state index in [1.807, 2.05) is 19.1 Å². The van der Waals surface area contributed by atoms with Crippen LogP contribution in [-0.2, 0) is 0 Å². The van der Waals surface area contributed by atoms with Crippen molar-refractivity contribution in [1.82, 2.24) is 0 Å². The Kier molecular flexibility index (Phi) is 3.21. The van der Waals surface area contributed by atoms with Crippen molar-refractivity contribution in [2.75, 3.05) is 0 Å². The minimum atomic E-state index is 0.751. The molecule has 2 aromatic rings. The molecule has 0 heterocycles. The molecule has 0 aliphatic rings. The Balaban J connectivity index is 2.63. The summed E-state index contributed by atoms with van der Waals surface area (Å²) >= 11 is 0. The SMILES string of the molecule is Cc1cc(C)c(C)c(-c2ccc(C#N)c(C)c2)c1. The Morgan fingerprint density at radius 2 is 1.61 bits per heavy atom. The van der Waals surface area contributed by atoms with E-state index in [9.17, 15) is 0 Å². The molecule has 2 rings (SSSR count). The molecule has 18 heavy (non-hydrogen) atoms. The van der Waals surface area contributed by atoms with Crippen LogP contribution in [0.1, 0.15) is 27.8 Å². The molecule has 1 heteroatoms. The molecule has 0 aliphatic carbocycles. The zero-order valence-corrected chi connectivity index (χ0v) is 11.3. The van der Waals surface area contributed by atoms with Crippen LogP contribution in [0.3, 0.4) is 0 Å². The van der Waals surface area contributed by atoms with E-state index in [-0.39, 0.29) is 0 Å². The van der Waals surface area contributed by atoms with Gasteiger partial charge in [-0.3, -0.25) is 0 Å². The number of nitrogens with zero attached hydrogens (tertiary/aromatic N) is 1. The van der Waals surface area contributed by atoms with Gasteiger partial charge < -0.3 is 0 Å². The monoisotopic (exact) mass is 235 g/mol. The fourth-order valence-electron chi connectivity index (χ4n) is 2.30. The van der Waals surface area contributed by atoms with Gasteiger partial charge in [-0.2, -0.15) is 5.26 Å². The molecular weight excluding hydrogens is 218 g/mol. The lowest BCUT2D eigenvalue weighted by molar-refractivity contribution is 1.29. The molecule has 90 valence electrons. The van der Waals surface area contributed by atoms with Crippen molar-refractivity contribution in [1.29, 1.82) is 5.26 Å². The van der Waals surface area contributed by atoms with Crippen LogP contribution in [0.2, 0.25) is 0 Å². The van der Waals surface area contributed by atoms with Crippen LogP contribution in [-0.4, -0.2) is 0 Å². The van der Waals surface area contributed by atoms with Crippen molar-refractivity contribution >= 4 is 0 Å². The molecule has 0 N–H and O–H groups in total. The van der Waals surface area contributed by atoms with Gasteiger partial charge in [-0.25, -0.2) is 0 Å². The molecule has 0 unspecified atom stereocenters. The first-order valence-corrected chi connectivity index (χ1v) is 6.12. The Hall–Kier alpha value is -2.07. The van der Waals surface area contributed by atoms with E-state index in [0.717, 1.165) is 11.1 Å². The van der Waals surface area contributed by atoms with Crippen LogP contribution in [0.25, 0.3) is 11.1 Å². The van der Waals surface area contributed by atoms with Crippen LogP contribution >= 0.6 is 0 Å². The highest BCUT2D eigenvalue weighted by molar-refractivity contribution is 5.70. The van der Waals surface area contributed by atoms with Gasteiger partial charge >= 0.3 is 0 Å². The molecule has 1 nitrogen and oxygen atoms in total. The lowest BCUT2D eigenvalue weighted by Crippen LogP contribution is -1.91. The average molecular weight is 235 g/mol. The van der Waals surface area contributed by atoms with Crippen LogP contribution in [0.5, 0.6) is 0 Å². The van der Waals surface area contributed by atoms with Gasteiger partial charge in [-0.1, -0.05) is 29.8 Å². The summed E-state index contributed by atoms with van der Waals surface area (Å²) in [5.41, 5.74) is 8.14. The second kappa shape index (κ2) is 4.66.